The van der Waals surface area contributed by atoms with Crippen LogP contribution < -0.4 is 0 Å². The van der Waals surface area contributed by atoms with Crippen LogP contribution in [-0.2, 0) is 14.4 Å². The predicted octanol–water partition coefficient (Wildman–Crippen LogP) is 4.70. The fraction of sp³-hybridized carbons (Fsp3) is 0.783. The largest absolute Gasteiger partial charge is 0.481 e. The number of carboxylic acids is 3. The first-order valence-corrected chi connectivity index (χ1v) is 11.5. The third kappa shape index (κ3) is 17.0. The molecule has 0 rings (SSSR count). The summed E-state index contributed by atoms with van der Waals surface area (Å²) in [5, 5.41) is 27.2. The molecule has 0 unspecified atom stereocenters. The summed E-state index contributed by atoms with van der Waals surface area (Å²) in [6.45, 7) is 3.60. The van der Waals surface area contributed by atoms with Crippen molar-refractivity contribution < 1.29 is 34.2 Å². The van der Waals surface area contributed by atoms with E-state index < -0.39 is 17.9 Å². The molecule has 0 fully saturated rings. The summed E-state index contributed by atoms with van der Waals surface area (Å²) in [6, 6.07) is 0. The highest BCUT2D eigenvalue weighted by Gasteiger charge is 2.29. The first-order valence-electron chi connectivity index (χ1n) is 11.5. The first-order chi connectivity index (χ1) is 14.3. The van der Waals surface area contributed by atoms with Crippen molar-refractivity contribution in [2.45, 2.75) is 90.4 Å². The van der Waals surface area contributed by atoms with Crippen LogP contribution in [0.15, 0.2) is 12.2 Å². The van der Waals surface area contributed by atoms with Crippen LogP contribution in [0.25, 0.3) is 0 Å². The number of aliphatic carboxylic acids is 3. The number of allylic oxidation sites excluding steroid dienone is 2. The maximum Gasteiger partial charge on any atom is 0.309 e. The first kappa shape index (κ1) is 28.1. The molecule has 0 atom stereocenters. The van der Waals surface area contributed by atoms with Crippen LogP contribution in [0.4, 0.5) is 0 Å². The second-order valence-electron chi connectivity index (χ2n) is 8.19. The molecule has 3 N–H and O–H groups in total. The van der Waals surface area contributed by atoms with E-state index in [0.29, 0.717) is 6.54 Å². The Morgan fingerprint density at radius 1 is 0.600 bits per heavy atom. The van der Waals surface area contributed by atoms with E-state index in [1.54, 1.807) is 0 Å². The second kappa shape index (κ2) is 17.9. The number of quaternary nitrogens is 1. The fourth-order valence-electron chi connectivity index (χ4n) is 3.67. The molecule has 0 spiro atoms. The Hall–Kier alpha value is -1.89. The zero-order valence-electron chi connectivity index (χ0n) is 18.7. The van der Waals surface area contributed by atoms with Gasteiger partial charge in [-0.1, -0.05) is 57.6 Å². The van der Waals surface area contributed by atoms with Crippen molar-refractivity contribution in [3.63, 3.8) is 0 Å². The molecule has 7 nitrogen and oxygen atoms in total. The Morgan fingerprint density at radius 3 is 1.43 bits per heavy atom. The van der Waals surface area contributed by atoms with E-state index in [4.69, 9.17) is 15.3 Å². The highest BCUT2D eigenvalue weighted by atomic mass is 16.4. The molecule has 0 aliphatic carbocycles. The summed E-state index contributed by atoms with van der Waals surface area (Å²) < 4.78 is 0.233. The number of nitrogens with zero attached hydrogens (tertiary/aromatic N) is 1. The van der Waals surface area contributed by atoms with E-state index in [9.17, 15) is 14.4 Å². The molecule has 174 valence electrons. The smallest absolute Gasteiger partial charge is 0.309 e. The van der Waals surface area contributed by atoms with Crippen LogP contribution in [0, 0.1) is 0 Å². The van der Waals surface area contributed by atoms with Crippen LogP contribution in [0.5, 0.6) is 0 Å². The minimum Gasteiger partial charge on any atom is -0.481 e. The van der Waals surface area contributed by atoms with Gasteiger partial charge >= 0.3 is 17.9 Å². The van der Waals surface area contributed by atoms with Gasteiger partial charge in [0.2, 0.25) is 0 Å². The summed E-state index contributed by atoms with van der Waals surface area (Å²) in [6.07, 6.45) is 15.7. The van der Waals surface area contributed by atoms with Gasteiger partial charge in [0.25, 0.3) is 0 Å². The van der Waals surface area contributed by atoms with Crippen molar-refractivity contribution in [1.29, 1.82) is 0 Å². The molecule has 0 aliphatic rings. The number of hydrogen-bond acceptors (Lipinski definition) is 3. The molecule has 0 aromatic carbocycles. The lowest BCUT2D eigenvalue weighted by molar-refractivity contribution is -0.927. The maximum atomic E-state index is 11.0. The minimum atomic E-state index is -0.947. The van der Waals surface area contributed by atoms with Crippen LogP contribution in [0.1, 0.15) is 90.4 Å². The summed E-state index contributed by atoms with van der Waals surface area (Å²) in [5.41, 5.74) is 0. The predicted molar refractivity (Wildman–Crippen MR) is 117 cm³/mol. The Labute approximate surface area is 181 Å². The van der Waals surface area contributed by atoms with Crippen molar-refractivity contribution >= 4 is 17.9 Å². The maximum absolute atomic E-state index is 11.0. The minimum absolute atomic E-state index is 0.0899. The Morgan fingerprint density at radius 2 is 1.00 bits per heavy atom. The normalized spacial score (nSPS) is 11.8. The van der Waals surface area contributed by atoms with Crippen molar-refractivity contribution in [2.75, 3.05) is 26.2 Å². The van der Waals surface area contributed by atoms with Crippen molar-refractivity contribution in [3.8, 4) is 0 Å². The summed E-state index contributed by atoms with van der Waals surface area (Å²) in [7, 11) is 0. The van der Waals surface area contributed by atoms with Gasteiger partial charge in [0.15, 0.2) is 0 Å². The van der Waals surface area contributed by atoms with Crippen LogP contribution >= 0.6 is 0 Å². The molecule has 30 heavy (non-hydrogen) atoms. The molecule has 7 heteroatoms. The Bertz CT molecular complexity index is 472. The van der Waals surface area contributed by atoms with Crippen LogP contribution in [0.3, 0.4) is 0 Å². The topological polar surface area (TPSA) is 112 Å². The average Bonchev–Trinajstić information content (AvgIpc) is 2.69. The number of rotatable bonds is 21. The van der Waals surface area contributed by atoms with Gasteiger partial charge in [-0.05, 0) is 19.3 Å². The molecule has 0 bridgehead atoms. The van der Waals surface area contributed by atoms with E-state index in [0.717, 1.165) is 19.3 Å². The molecule has 0 aromatic rings. The van der Waals surface area contributed by atoms with E-state index in [1.165, 1.54) is 44.9 Å². The molecule has 0 amide bonds. The van der Waals surface area contributed by atoms with Gasteiger partial charge in [-0.25, -0.2) is 0 Å². The third-order valence-electron chi connectivity index (χ3n) is 5.54. The number of carbonyl (C=O) groups is 3. The number of hydrogen-bond donors (Lipinski definition) is 3. The monoisotopic (exact) mass is 428 g/mol. The zero-order valence-corrected chi connectivity index (χ0v) is 18.7. The third-order valence-corrected chi connectivity index (χ3v) is 5.54. The van der Waals surface area contributed by atoms with E-state index in [-0.39, 0.29) is 43.4 Å². The van der Waals surface area contributed by atoms with Crippen LogP contribution in [0.2, 0.25) is 0 Å². The van der Waals surface area contributed by atoms with Gasteiger partial charge < -0.3 is 19.8 Å². The van der Waals surface area contributed by atoms with Gasteiger partial charge in [0, 0.05) is 6.42 Å². The van der Waals surface area contributed by atoms with Gasteiger partial charge in [0.05, 0.1) is 45.4 Å². The van der Waals surface area contributed by atoms with E-state index >= 15 is 0 Å². The standard InChI is InChI=1S/C23H41NO6/c1-2-3-4-5-6-7-8-9-10-11-12-13-17-24(18-14-21(25)26,19-15-22(27)28)20-16-23(29)30/h10-11H,2-9,12-20H2,1H3,(H2-,25,26,27,28,29,30)/p+1/b11-10+. The van der Waals surface area contributed by atoms with Gasteiger partial charge in [0.1, 0.15) is 0 Å². The van der Waals surface area contributed by atoms with Crippen molar-refractivity contribution in [2.24, 2.45) is 0 Å². The van der Waals surface area contributed by atoms with Crippen LogP contribution in [-0.4, -0.2) is 63.9 Å². The summed E-state index contributed by atoms with van der Waals surface area (Å²) >= 11 is 0. The quantitative estimate of drug-likeness (QED) is 0.139. The van der Waals surface area contributed by atoms with E-state index in [1.807, 2.05) is 0 Å². The van der Waals surface area contributed by atoms with Crippen molar-refractivity contribution in [3.05, 3.63) is 12.2 Å². The summed E-state index contributed by atoms with van der Waals surface area (Å²) in [5.74, 6) is -2.84. The molecular weight excluding hydrogens is 386 g/mol. The molecular formula is C23H42NO6+. The van der Waals surface area contributed by atoms with Gasteiger partial charge in [-0.3, -0.25) is 14.4 Å². The average molecular weight is 429 g/mol. The summed E-state index contributed by atoms with van der Waals surface area (Å²) in [4.78, 5) is 33.1. The number of unbranched alkanes of at least 4 members (excludes halogenated alkanes) is 8. The Kier molecular flexibility index (Phi) is 16.8. The lowest BCUT2D eigenvalue weighted by atomic mass is 10.1. The lowest BCUT2D eigenvalue weighted by Gasteiger charge is -2.38. The molecule has 0 heterocycles. The lowest BCUT2D eigenvalue weighted by Crippen LogP contribution is -2.52. The molecule has 0 aromatic heterocycles. The fourth-order valence-corrected chi connectivity index (χ4v) is 3.67. The highest BCUT2D eigenvalue weighted by Crippen LogP contribution is 2.15. The number of carboxylic acid groups (broad SMARTS) is 3. The molecule has 0 radical (unpaired) electrons. The van der Waals surface area contributed by atoms with Gasteiger partial charge in [-0.15, -0.1) is 0 Å². The van der Waals surface area contributed by atoms with Gasteiger partial charge in [-0.2, -0.15) is 0 Å². The SMILES string of the molecule is CCCCCCCCC/C=C/CCC[N+](CCC(=O)O)(CCC(=O)O)CCC(=O)O. The highest BCUT2D eigenvalue weighted by molar-refractivity contribution is 5.67. The van der Waals surface area contributed by atoms with E-state index in [2.05, 4.69) is 19.1 Å². The molecule has 0 saturated carbocycles. The zero-order chi connectivity index (χ0) is 22.7. The molecule has 0 saturated heterocycles. The molecule has 0 aliphatic heterocycles. The second-order valence-corrected chi connectivity index (χ2v) is 8.19. The Balaban J connectivity index is 4.43. The van der Waals surface area contributed by atoms with Crippen molar-refractivity contribution in [1.82, 2.24) is 0 Å².